The molecule has 5 heteroatoms. The fourth-order valence-electron chi connectivity index (χ4n) is 2.94. The van der Waals surface area contributed by atoms with Gasteiger partial charge in [0, 0.05) is 24.9 Å². The summed E-state index contributed by atoms with van der Waals surface area (Å²) in [6.07, 6.45) is 3.71. The molecule has 1 aliphatic heterocycles. The second-order valence-electron chi connectivity index (χ2n) is 5.13. The number of aliphatic carboxylic acids is 1. The number of carboxylic acid groups (broad SMARTS) is 1. The predicted molar refractivity (Wildman–Crippen MR) is 63.9 cm³/mol. The van der Waals surface area contributed by atoms with E-state index in [9.17, 15) is 9.59 Å². The second-order valence-corrected chi connectivity index (χ2v) is 5.43. The van der Waals surface area contributed by atoms with Gasteiger partial charge < -0.3 is 10.0 Å². The van der Waals surface area contributed by atoms with Gasteiger partial charge in [0.1, 0.15) is 0 Å². The van der Waals surface area contributed by atoms with E-state index >= 15 is 0 Å². The van der Waals surface area contributed by atoms with Crippen LogP contribution in [0, 0.1) is 11.8 Å². The first-order valence-electron chi connectivity index (χ1n) is 6.20. The summed E-state index contributed by atoms with van der Waals surface area (Å²) in [5, 5.41) is 9.04. The molecule has 3 atom stereocenters. The Morgan fingerprint density at radius 2 is 2.24 bits per heavy atom. The largest absolute Gasteiger partial charge is 0.481 e. The van der Waals surface area contributed by atoms with Crippen LogP contribution in [0.5, 0.6) is 0 Å². The van der Waals surface area contributed by atoms with Crippen molar-refractivity contribution in [3.05, 3.63) is 0 Å². The average molecular weight is 260 g/mol. The van der Waals surface area contributed by atoms with Gasteiger partial charge in [-0.3, -0.25) is 9.59 Å². The molecular weight excluding hydrogens is 242 g/mol. The first-order chi connectivity index (χ1) is 8.11. The molecule has 0 spiro atoms. The molecule has 1 saturated carbocycles. The lowest BCUT2D eigenvalue weighted by molar-refractivity contribution is -0.144. The fraction of sp³-hybridized carbons (Fsp3) is 0.833. The maximum Gasteiger partial charge on any atom is 0.306 e. The summed E-state index contributed by atoms with van der Waals surface area (Å²) in [5.41, 5.74) is 0. The molecule has 1 heterocycles. The molecule has 0 bridgehead atoms. The Hall–Kier alpha value is -0.770. The first kappa shape index (κ1) is 12.7. The third kappa shape index (κ3) is 2.73. The topological polar surface area (TPSA) is 57.6 Å². The minimum absolute atomic E-state index is 0.116. The van der Waals surface area contributed by atoms with E-state index in [0.717, 1.165) is 19.3 Å². The molecule has 3 unspecified atom stereocenters. The number of carbonyl (C=O) groups is 2. The normalized spacial score (nSPS) is 34.1. The Bertz CT molecular complexity index is 321. The number of likely N-dealkylation sites (tertiary alicyclic amines) is 1. The lowest BCUT2D eigenvalue weighted by Gasteiger charge is -2.34. The van der Waals surface area contributed by atoms with Crippen molar-refractivity contribution >= 4 is 23.5 Å². The van der Waals surface area contributed by atoms with Gasteiger partial charge in [0.2, 0.25) is 5.91 Å². The van der Waals surface area contributed by atoms with Crippen LogP contribution in [0.25, 0.3) is 0 Å². The molecule has 2 fully saturated rings. The van der Waals surface area contributed by atoms with E-state index in [2.05, 4.69) is 0 Å². The average Bonchev–Trinajstić information content (AvgIpc) is 2.71. The molecule has 17 heavy (non-hydrogen) atoms. The standard InChI is InChI=1S/C12H18ClNO3/c13-6-8-4-11(15)14(7-8)10-3-1-2-9(5-10)12(16)17/h8-10H,1-7H2,(H,16,17). The molecular formula is C12H18ClNO3. The van der Waals surface area contributed by atoms with Crippen LogP contribution in [0.3, 0.4) is 0 Å². The van der Waals surface area contributed by atoms with E-state index in [1.54, 1.807) is 0 Å². The van der Waals surface area contributed by atoms with Crippen LogP contribution >= 0.6 is 11.6 Å². The number of amides is 1. The van der Waals surface area contributed by atoms with Gasteiger partial charge in [0.25, 0.3) is 0 Å². The summed E-state index contributed by atoms with van der Waals surface area (Å²) < 4.78 is 0. The molecule has 1 amide bonds. The van der Waals surface area contributed by atoms with Gasteiger partial charge in [-0.15, -0.1) is 11.6 Å². The highest BCUT2D eigenvalue weighted by atomic mass is 35.5. The highest BCUT2D eigenvalue weighted by Gasteiger charge is 2.37. The maximum atomic E-state index is 11.8. The van der Waals surface area contributed by atoms with E-state index in [1.807, 2.05) is 4.90 Å². The molecule has 0 aromatic heterocycles. The van der Waals surface area contributed by atoms with Gasteiger partial charge in [-0.05, 0) is 25.2 Å². The van der Waals surface area contributed by atoms with Crippen molar-refractivity contribution < 1.29 is 14.7 Å². The number of rotatable bonds is 3. The summed E-state index contributed by atoms with van der Waals surface area (Å²) in [4.78, 5) is 24.7. The molecule has 0 radical (unpaired) electrons. The number of nitrogens with zero attached hydrogens (tertiary/aromatic N) is 1. The lowest BCUT2D eigenvalue weighted by Crippen LogP contribution is -2.41. The van der Waals surface area contributed by atoms with Crippen LogP contribution in [0.1, 0.15) is 32.1 Å². The highest BCUT2D eigenvalue weighted by molar-refractivity contribution is 6.18. The quantitative estimate of drug-likeness (QED) is 0.785. The van der Waals surface area contributed by atoms with E-state index in [0.29, 0.717) is 25.3 Å². The highest BCUT2D eigenvalue weighted by Crippen LogP contribution is 2.32. The van der Waals surface area contributed by atoms with E-state index < -0.39 is 5.97 Å². The lowest BCUT2D eigenvalue weighted by atomic mass is 9.85. The van der Waals surface area contributed by atoms with Crippen LogP contribution in [0.15, 0.2) is 0 Å². The van der Waals surface area contributed by atoms with Gasteiger partial charge in [-0.25, -0.2) is 0 Å². The maximum absolute atomic E-state index is 11.8. The Kier molecular flexibility index (Phi) is 3.92. The Morgan fingerprint density at radius 3 is 2.82 bits per heavy atom. The molecule has 0 aromatic rings. The summed E-state index contributed by atoms with van der Waals surface area (Å²) in [7, 11) is 0. The molecule has 4 nitrogen and oxygen atoms in total. The first-order valence-corrected chi connectivity index (χ1v) is 6.73. The molecule has 96 valence electrons. The molecule has 0 aromatic carbocycles. The van der Waals surface area contributed by atoms with Crippen LogP contribution in [-0.4, -0.2) is 40.3 Å². The third-order valence-electron chi connectivity index (χ3n) is 3.89. The summed E-state index contributed by atoms with van der Waals surface area (Å²) >= 11 is 5.78. The number of hydrogen-bond acceptors (Lipinski definition) is 2. The van der Waals surface area contributed by atoms with Crippen LogP contribution in [-0.2, 0) is 9.59 Å². The minimum Gasteiger partial charge on any atom is -0.481 e. The zero-order chi connectivity index (χ0) is 12.4. The number of hydrogen-bond donors (Lipinski definition) is 1. The molecule has 2 aliphatic rings. The summed E-state index contributed by atoms with van der Waals surface area (Å²) in [5.74, 6) is -0.106. The van der Waals surface area contributed by atoms with Crippen molar-refractivity contribution in [3.63, 3.8) is 0 Å². The van der Waals surface area contributed by atoms with Crippen molar-refractivity contribution in [1.82, 2.24) is 4.90 Å². The van der Waals surface area contributed by atoms with Gasteiger partial charge in [0.15, 0.2) is 0 Å². The van der Waals surface area contributed by atoms with Crippen LogP contribution in [0.2, 0.25) is 0 Å². The third-order valence-corrected chi connectivity index (χ3v) is 4.33. The van der Waals surface area contributed by atoms with Gasteiger partial charge in [-0.1, -0.05) is 6.42 Å². The molecule has 2 rings (SSSR count). The number of carboxylic acids is 1. The Morgan fingerprint density at radius 1 is 1.47 bits per heavy atom. The zero-order valence-electron chi connectivity index (χ0n) is 9.77. The monoisotopic (exact) mass is 259 g/mol. The van der Waals surface area contributed by atoms with Gasteiger partial charge in [0.05, 0.1) is 5.92 Å². The fourth-order valence-corrected chi connectivity index (χ4v) is 3.14. The van der Waals surface area contributed by atoms with E-state index in [1.165, 1.54) is 0 Å². The predicted octanol–water partition coefficient (Wildman–Crippen LogP) is 1.72. The van der Waals surface area contributed by atoms with Crippen molar-refractivity contribution in [2.45, 2.75) is 38.1 Å². The number of carbonyl (C=O) groups excluding carboxylic acids is 1. The summed E-state index contributed by atoms with van der Waals surface area (Å²) in [6, 6.07) is 0.116. The van der Waals surface area contributed by atoms with Crippen molar-refractivity contribution in [2.24, 2.45) is 11.8 Å². The van der Waals surface area contributed by atoms with Crippen molar-refractivity contribution in [1.29, 1.82) is 0 Å². The smallest absolute Gasteiger partial charge is 0.306 e. The minimum atomic E-state index is -0.727. The number of halogens is 1. The number of alkyl halides is 1. The Balaban J connectivity index is 1.98. The van der Waals surface area contributed by atoms with E-state index in [4.69, 9.17) is 16.7 Å². The van der Waals surface area contributed by atoms with Gasteiger partial charge >= 0.3 is 5.97 Å². The van der Waals surface area contributed by atoms with E-state index in [-0.39, 0.29) is 23.8 Å². The Labute approximate surface area is 106 Å². The van der Waals surface area contributed by atoms with Crippen LogP contribution < -0.4 is 0 Å². The van der Waals surface area contributed by atoms with Crippen molar-refractivity contribution in [3.8, 4) is 0 Å². The molecule has 1 aliphatic carbocycles. The SMILES string of the molecule is O=C(O)C1CCCC(N2CC(CCl)CC2=O)C1. The molecule has 1 N–H and O–H groups in total. The summed E-state index contributed by atoms with van der Waals surface area (Å²) in [6.45, 7) is 0.708. The van der Waals surface area contributed by atoms with Gasteiger partial charge in [-0.2, -0.15) is 0 Å². The van der Waals surface area contributed by atoms with Crippen molar-refractivity contribution in [2.75, 3.05) is 12.4 Å². The molecule has 1 saturated heterocycles. The zero-order valence-corrected chi connectivity index (χ0v) is 10.5. The second kappa shape index (κ2) is 5.25. The van der Waals surface area contributed by atoms with Crippen LogP contribution in [0.4, 0.5) is 0 Å².